The summed E-state index contributed by atoms with van der Waals surface area (Å²) < 4.78 is 20.9. The molecule has 2 N–H and O–H groups in total. The fourth-order valence-electron chi connectivity index (χ4n) is 2.19. The van der Waals surface area contributed by atoms with Gasteiger partial charge in [-0.05, 0) is 26.8 Å². The highest BCUT2D eigenvalue weighted by Crippen LogP contribution is 2.40. The third kappa shape index (κ3) is 5.74. The fraction of sp³-hybridized carbons (Fsp3) is 0.529. The highest BCUT2D eigenvalue weighted by molar-refractivity contribution is 5.80. The number of carboxylic acid groups (broad SMARTS) is 1. The van der Waals surface area contributed by atoms with Crippen LogP contribution in [-0.2, 0) is 16.0 Å². The van der Waals surface area contributed by atoms with Crippen LogP contribution in [0.5, 0.6) is 17.2 Å². The maximum Gasteiger partial charge on any atom is 0.408 e. The van der Waals surface area contributed by atoms with Crippen LogP contribution >= 0.6 is 0 Å². The molecule has 8 nitrogen and oxygen atoms in total. The van der Waals surface area contributed by atoms with Crippen molar-refractivity contribution in [2.45, 2.75) is 38.8 Å². The van der Waals surface area contributed by atoms with E-state index in [0.29, 0.717) is 22.8 Å². The molecule has 25 heavy (non-hydrogen) atoms. The number of carboxylic acids is 1. The van der Waals surface area contributed by atoms with Crippen molar-refractivity contribution in [2.24, 2.45) is 0 Å². The van der Waals surface area contributed by atoms with Gasteiger partial charge in [0.2, 0.25) is 5.75 Å². The molecule has 0 aliphatic rings. The fourth-order valence-corrected chi connectivity index (χ4v) is 2.19. The van der Waals surface area contributed by atoms with Crippen LogP contribution in [0.1, 0.15) is 26.3 Å². The molecule has 0 aliphatic carbocycles. The van der Waals surface area contributed by atoms with Crippen LogP contribution < -0.4 is 19.5 Å². The lowest BCUT2D eigenvalue weighted by molar-refractivity contribution is -0.139. The Morgan fingerprint density at radius 2 is 1.68 bits per heavy atom. The largest absolute Gasteiger partial charge is 0.493 e. The normalized spacial score (nSPS) is 12.1. The van der Waals surface area contributed by atoms with Gasteiger partial charge in [0.1, 0.15) is 11.6 Å². The first-order valence-electron chi connectivity index (χ1n) is 7.63. The molecule has 0 saturated heterocycles. The van der Waals surface area contributed by atoms with E-state index in [0.717, 1.165) is 0 Å². The average Bonchev–Trinajstić information content (AvgIpc) is 2.51. The van der Waals surface area contributed by atoms with Gasteiger partial charge in [-0.2, -0.15) is 0 Å². The summed E-state index contributed by atoms with van der Waals surface area (Å²) in [5.41, 5.74) is -0.183. The summed E-state index contributed by atoms with van der Waals surface area (Å²) in [6.07, 6.45) is -0.822. The number of carbonyl (C=O) groups excluding carboxylic acids is 1. The number of nitrogens with one attached hydrogen (secondary N) is 1. The zero-order chi connectivity index (χ0) is 19.2. The molecule has 1 amide bonds. The maximum absolute atomic E-state index is 11.9. The predicted molar refractivity (Wildman–Crippen MR) is 90.6 cm³/mol. The number of ether oxygens (including phenoxy) is 4. The van der Waals surface area contributed by atoms with Crippen molar-refractivity contribution in [3.05, 3.63) is 17.7 Å². The number of carbonyl (C=O) groups is 2. The average molecular weight is 355 g/mol. The summed E-state index contributed by atoms with van der Waals surface area (Å²) in [5, 5.41) is 11.8. The first kappa shape index (κ1) is 20.4. The first-order valence-corrected chi connectivity index (χ1v) is 7.63. The van der Waals surface area contributed by atoms with Crippen LogP contribution in [0.4, 0.5) is 4.79 Å². The summed E-state index contributed by atoms with van der Waals surface area (Å²) >= 11 is 0. The molecule has 0 aliphatic heterocycles. The van der Waals surface area contributed by atoms with Gasteiger partial charge in [0.15, 0.2) is 11.5 Å². The third-order valence-electron chi connectivity index (χ3n) is 3.20. The van der Waals surface area contributed by atoms with Gasteiger partial charge >= 0.3 is 12.1 Å². The SMILES string of the molecule is COc1ccc(C[C@H](NC(=O)OC(C)(C)C)C(=O)O)c(OC)c1OC. The molecule has 1 rings (SSSR count). The van der Waals surface area contributed by atoms with E-state index in [1.165, 1.54) is 21.3 Å². The van der Waals surface area contributed by atoms with Gasteiger partial charge in [0.05, 0.1) is 21.3 Å². The van der Waals surface area contributed by atoms with Gasteiger partial charge in [-0.15, -0.1) is 0 Å². The van der Waals surface area contributed by atoms with Gasteiger partial charge in [0.25, 0.3) is 0 Å². The highest BCUT2D eigenvalue weighted by Gasteiger charge is 2.26. The van der Waals surface area contributed by atoms with Crippen LogP contribution in [0.2, 0.25) is 0 Å². The van der Waals surface area contributed by atoms with E-state index in [-0.39, 0.29) is 6.42 Å². The second-order valence-electron chi connectivity index (χ2n) is 6.23. The molecule has 0 unspecified atom stereocenters. The van der Waals surface area contributed by atoms with Crippen molar-refractivity contribution in [3.63, 3.8) is 0 Å². The van der Waals surface area contributed by atoms with Crippen LogP contribution in [0, 0.1) is 0 Å². The maximum atomic E-state index is 11.9. The Hall–Kier alpha value is -2.64. The third-order valence-corrected chi connectivity index (χ3v) is 3.20. The molecular formula is C17H25NO7. The van der Waals surface area contributed by atoms with Crippen LogP contribution in [0.3, 0.4) is 0 Å². The minimum Gasteiger partial charge on any atom is -0.493 e. The van der Waals surface area contributed by atoms with Crippen molar-refractivity contribution < 1.29 is 33.6 Å². The van der Waals surface area contributed by atoms with Gasteiger partial charge in [-0.3, -0.25) is 0 Å². The Morgan fingerprint density at radius 3 is 2.12 bits per heavy atom. The first-order chi connectivity index (χ1) is 11.6. The van der Waals surface area contributed by atoms with Gasteiger partial charge in [-0.1, -0.05) is 6.07 Å². The molecule has 0 spiro atoms. The van der Waals surface area contributed by atoms with Crippen molar-refractivity contribution in [2.75, 3.05) is 21.3 Å². The zero-order valence-electron chi connectivity index (χ0n) is 15.3. The molecule has 1 aromatic carbocycles. The minimum absolute atomic E-state index is 0.0158. The second-order valence-corrected chi connectivity index (χ2v) is 6.23. The number of alkyl carbamates (subject to hydrolysis) is 1. The van der Waals surface area contributed by atoms with Crippen molar-refractivity contribution >= 4 is 12.1 Å². The molecule has 140 valence electrons. The number of rotatable bonds is 7. The van der Waals surface area contributed by atoms with E-state index in [1.54, 1.807) is 32.9 Å². The smallest absolute Gasteiger partial charge is 0.408 e. The monoisotopic (exact) mass is 355 g/mol. The molecular weight excluding hydrogens is 330 g/mol. The van der Waals surface area contributed by atoms with E-state index in [1.807, 2.05) is 0 Å². The number of amides is 1. The topological polar surface area (TPSA) is 103 Å². The summed E-state index contributed by atoms with van der Waals surface area (Å²) in [7, 11) is 4.39. The quantitative estimate of drug-likeness (QED) is 0.773. The van der Waals surface area contributed by atoms with E-state index in [2.05, 4.69) is 5.32 Å². The molecule has 0 radical (unpaired) electrons. The minimum atomic E-state index is -1.19. The molecule has 0 aromatic heterocycles. The summed E-state index contributed by atoms with van der Waals surface area (Å²) in [6.45, 7) is 5.08. The van der Waals surface area contributed by atoms with Crippen LogP contribution in [0.15, 0.2) is 12.1 Å². The van der Waals surface area contributed by atoms with Crippen molar-refractivity contribution in [1.82, 2.24) is 5.32 Å². The second kappa shape index (κ2) is 8.46. The van der Waals surface area contributed by atoms with E-state index in [4.69, 9.17) is 18.9 Å². The standard InChI is InChI=1S/C17H25NO7/c1-17(2,3)25-16(21)18-11(15(19)20)9-10-7-8-12(22-4)14(24-6)13(10)23-5/h7-8,11H,9H2,1-6H3,(H,18,21)(H,19,20)/t11-/m0/s1. The Balaban J connectivity index is 3.06. The van der Waals surface area contributed by atoms with Gasteiger partial charge < -0.3 is 29.4 Å². The molecule has 0 saturated carbocycles. The summed E-state index contributed by atoms with van der Waals surface area (Å²) in [5.74, 6) is -0.0410. The lowest BCUT2D eigenvalue weighted by Gasteiger charge is -2.22. The summed E-state index contributed by atoms with van der Waals surface area (Å²) in [4.78, 5) is 23.4. The molecule has 8 heteroatoms. The highest BCUT2D eigenvalue weighted by atomic mass is 16.6. The lowest BCUT2D eigenvalue weighted by Crippen LogP contribution is -2.44. The lowest BCUT2D eigenvalue weighted by atomic mass is 10.0. The van der Waals surface area contributed by atoms with Gasteiger partial charge in [-0.25, -0.2) is 9.59 Å². The van der Waals surface area contributed by atoms with Crippen molar-refractivity contribution in [1.29, 1.82) is 0 Å². The molecule has 0 bridgehead atoms. The Morgan fingerprint density at radius 1 is 1.08 bits per heavy atom. The molecule has 0 heterocycles. The van der Waals surface area contributed by atoms with E-state index in [9.17, 15) is 14.7 Å². The number of methoxy groups -OCH3 is 3. The molecule has 1 aromatic rings. The molecule has 1 atom stereocenters. The zero-order valence-corrected chi connectivity index (χ0v) is 15.3. The number of hydrogen-bond acceptors (Lipinski definition) is 6. The Kier molecular flexibility index (Phi) is 6.90. The number of benzene rings is 1. The predicted octanol–water partition coefficient (Wildman–Crippen LogP) is 2.23. The van der Waals surface area contributed by atoms with E-state index < -0.39 is 23.7 Å². The van der Waals surface area contributed by atoms with Crippen LogP contribution in [0.25, 0.3) is 0 Å². The Labute approximate surface area is 147 Å². The van der Waals surface area contributed by atoms with Crippen molar-refractivity contribution in [3.8, 4) is 17.2 Å². The summed E-state index contributed by atoms with van der Waals surface area (Å²) in [6, 6.07) is 2.11. The molecule has 0 fully saturated rings. The number of aliphatic carboxylic acids is 1. The van der Waals surface area contributed by atoms with Gasteiger partial charge in [0, 0.05) is 12.0 Å². The van der Waals surface area contributed by atoms with E-state index >= 15 is 0 Å². The van der Waals surface area contributed by atoms with Crippen LogP contribution in [-0.4, -0.2) is 50.1 Å². The number of hydrogen-bond donors (Lipinski definition) is 2. The Bertz CT molecular complexity index is 622.